The van der Waals surface area contributed by atoms with Crippen LogP contribution in [-0.2, 0) is 25.5 Å². The molecule has 11 nitrogen and oxygen atoms in total. The van der Waals surface area contributed by atoms with Crippen molar-refractivity contribution in [3.8, 4) is 17.2 Å². The third kappa shape index (κ3) is 4.71. The van der Waals surface area contributed by atoms with Crippen molar-refractivity contribution in [3.05, 3.63) is 51.6 Å². The van der Waals surface area contributed by atoms with Gasteiger partial charge in [0.25, 0.3) is 0 Å². The van der Waals surface area contributed by atoms with Gasteiger partial charge in [-0.05, 0) is 13.0 Å². The lowest BCUT2D eigenvalue weighted by molar-refractivity contribution is -0.245. The van der Waals surface area contributed by atoms with Gasteiger partial charge in [-0.2, -0.15) is 13.2 Å². The molecule has 0 bridgehead atoms. The van der Waals surface area contributed by atoms with Crippen LogP contribution in [0.25, 0.3) is 0 Å². The number of aromatic hydroxyl groups is 2. The minimum absolute atomic E-state index is 0.0567. The molecule has 0 spiro atoms. The zero-order chi connectivity index (χ0) is 30.0. The van der Waals surface area contributed by atoms with E-state index in [0.717, 1.165) is 0 Å². The molecule has 1 saturated heterocycles. The van der Waals surface area contributed by atoms with E-state index in [0.29, 0.717) is 0 Å². The quantitative estimate of drug-likeness (QED) is 0.336. The summed E-state index contributed by atoms with van der Waals surface area (Å²) in [6, 6.07) is 2.84. The zero-order valence-electron chi connectivity index (χ0n) is 21.6. The van der Waals surface area contributed by atoms with Crippen molar-refractivity contribution in [2.45, 2.75) is 63.0 Å². The molecule has 218 valence electrons. The van der Waals surface area contributed by atoms with Gasteiger partial charge in [0.2, 0.25) is 5.78 Å². The number of benzene rings is 2. The number of Topliss-reactive ketones (excluding diaryl/α,β-unsaturated/α-hetero) is 1. The summed E-state index contributed by atoms with van der Waals surface area (Å²) >= 11 is 0. The highest BCUT2D eigenvalue weighted by molar-refractivity contribution is 6.31. The Morgan fingerprint density at radius 2 is 1.76 bits per heavy atom. The number of fused-ring (bicyclic) bond motifs is 3. The molecule has 1 fully saturated rings. The van der Waals surface area contributed by atoms with Crippen LogP contribution in [-0.4, -0.2) is 76.4 Å². The molecule has 2 aromatic rings. The molecule has 1 aliphatic heterocycles. The third-order valence-electron chi connectivity index (χ3n) is 7.47. The second-order valence-electron chi connectivity index (χ2n) is 10.00. The second-order valence-corrected chi connectivity index (χ2v) is 10.00. The number of nitrogens with one attached hydrogen (secondary N) is 1. The third-order valence-corrected chi connectivity index (χ3v) is 7.47. The second kappa shape index (κ2) is 10.1. The first-order valence-electron chi connectivity index (χ1n) is 12.5. The smallest absolute Gasteiger partial charge is 0.471 e. The van der Waals surface area contributed by atoms with E-state index >= 15 is 0 Å². The lowest BCUT2D eigenvalue weighted by Crippen LogP contribution is -2.57. The molecule has 2 aromatic carbocycles. The van der Waals surface area contributed by atoms with Crippen molar-refractivity contribution in [1.82, 2.24) is 5.32 Å². The van der Waals surface area contributed by atoms with Gasteiger partial charge in [0.05, 0.1) is 42.0 Å². The topological polar surface area (TPSA) is 169 Å². The first-order valence-corrected chi connectivity index (χ1v) is 12.5. The first kappa shape index (κ1) is 28.5. The molecule has 1 amide bonds. The highest BCUT2D eigenvalue weighted by Gasteiger charge is 2.46. The lowest BCUT2D eigenvalue weighted by atomic mass is 9.76. The number of alkyl halides is 3. The van der Waals surface area contributed by atoms with E-state index in [2.05, 4.69) is 0 Å². The van der Waals surface area contributed by atoms with Crippen molar-refractivity contribution in [2.24, 2.45) is 0 Å². The predicted molar refractivity (Wildman–Crippen MR) is 130 cm³/mol. The Kier molecular flexibility index (Phi) is 7.04. The van der Waals surface area contributed by atoms with Crippen LogP contribution in [0.5, 0.6) is 17.2 Å². The van der Waals surface area contributed by atoms with Gasteiger partial charge in [0.15, 0.2) is 12.1 Å². The highest BCUT2D eigenvalue weighted by Crippen LogP contribution is 2.50. The zero-order valence-corrected chi connectivity index (χ0v) is 21.6. The van der Waals surface area contributed by atoms with Gasteiger partial charge in [-0.1, -0.05) is 12.1 Å². The van der Waals surface area contributed by atoms with E-state index in [9.17, 15) is 47.7 Å². The van der Waals surface area contributed by atoms with E-state index in [1.165, 1.54) is 32.2 Å². The summed E-state index contributed by atoms with van der Waals surface area (Å²) in [6.07, 6.45) is -11.8. The Hall–Kier alpha value is -4.01. The highest BCUT2D eigenvalue weighted by atomic mass is 19.4. The van der Waals surface area contributed by atoms with Crippen LogP contribution in [0, 0.1) is 0 Å². The molecule has 2 aliphatic carbocycles. The van der Waals surface area contributed by atoms with Crippen LogP contribution in [0.2, 0.25) is 0 Å². The molecule has 0 saturated carbocycles. The molecule has 4 N–H and O–H groups in total. The number of hydrogen-bond donors (Lipinski definition) is 4. The van der Waals surface area contributed by atoms with Crippen LogP contribution in [0.15, 0.2) is 18.2 Å². The van der Waals surface area contributed by atoms with Crippen LogP contribution >= 0.6 is 0 Å². The van der Waals surface area contributed by atoms with Crippen molar-refractivity contribution < 1.29 is 61.9 Å². The van der Waals surface area contributed by atoms with Crippen molar-refractivity contribution in [3.63, 3.8) is 0 Å². The van der Waals surface area contributed by atoms with Gasteiger partial charge >= 0.3 is 12.1 Å². The van der Waals surface area contributed by atoms with Crippen molar-refractivity contribution in [2.75, 3.05) is 7.11 Å². The maximum atomic E-state index is 13.6. The standard InChI is InChI=1S/C27H24F3NO10/c1-9-21(33)13(31-26(38)27(28,29)30)8-16(40-9)41-15-7-10(32)6-12-18(15)25(37)20-19(23(12)35)22(34)11-4-3-5-14(39-2)17(11)24(20)36/h3-5,9,13,15-16,21,33,35,37H,6-8H2,1-2H3,(H,31,38). The average Bonchev–Trinajstić information content (AvgIpc) is 2.90. The monoisotopic (exact) mass is 579 g/mol. The predicted octanol–water partition coefficient (Wildman–Crippen LogP) is 2.00. The molecule has 5 unspecified atom stereocenters. The number of ketones is 3. The molecule has 0 aromatic heterocycles. The Bertz CT molecular complexity index is 1490. The van der Waals surface area contributed by atoms with Gasteiger partial charge in [-0.15, -0.1) is 0 Å². The number of phenolic OH excluding ortho intramolecular Hbond substituents is 2. The fourth-order valence-corrected chi connectivity index (χ4v) is 5.55. The fourth-order valence-electron chi connectivity index (χ4n) is 5.55. The van der Waals surface area contributed by atoms with Gasteiger partial charge in [0, 0.05) is 36.0 Å². The number of amides is 1. The maximum Gasteiger partial charge on any atom is 0.471 e. The number of carbonyl (C=O) groups is 4. The summed E-state index contributed by atoms with van der Waals surface area (Å²) in [4.78, 5) is 51.1. The van der Waals surface area contributed by atoms with Crippen LogP contribution in [0.3, 0.4) is 0 Å². The van der Waals surface area contributed by atoms with Gasteiger partial charge in [0.1, 0.15) is 29.1 Å². The molecule has 3 aliphatic rings. The molecular formula is C27H24F3NO10. The van der Waals surface area contributed by atoms with E-state index in [1.807, 2.05) is 0 Å². The number of hydrogen-bond acceptors (Lipinski definition) is 10. The van der Waals surface area contributed by atoms with Crippen LogP contribution < -0.4 is 10.1 Å². The van der Waals surface area contributed by atoms with Crippen LogP contribution in [0.4, 0.5) is 13.2 Å². The van der Waals surface area contributed by atoms with Gasteiger partial charge < -0.3 is 34.8 Å². The summed E-state index contributed by atoms with van der Waals surface area (Å²) < 4.78 is 55.1. The van der Waals surface area contributed by atoms with Crippen molar-refractivity contribution >= 4 is 23.3 Å². The number of phenols is 2. The molecule has 5 atom stereocenters. The number of ether oxygens (including phenoxy) is 3. The maximum absolute atomic E-state index is 13.6. The first-order chi connectivity index (χ1) is 19.2. The van der Waals surface area contributed by atoms with E-state index in [-0.39, 0.29) is 34.4 Å². The number of halogens is 3. The van der Waals surface area contributed by atoms with E-state index in [4.69, 9.17) is 14.2 Å². The minimum atomic E-state index is -5.21. The Labute approximate surface area is 229 Å². The number of aliphatic hydroxyl groups excluding tert-OH is 1. The fraction of sp³-hybridized carbons (Fsp3) is 0.407. The number of aliphatic hydroxyl groups is 1. The summed E-state index contributed by atoms with van der Waals surface area (Å²) in [5, 5.41) is 34.5. The van der Waals surface area contributed by atoms with Crippen LogP contribution in [0.1, 0.15) is 68.8 Å². The Morgan fingerprint density at radius 1 is 1.07 bits per heavy atom. The van der Waals surface area contributed by atoms with E-state index in [1.54, 1.807) is 5.32 Å². The number of carbonyl (C=O) groups excluding carboxylic acids is 4. The van der Waals surface area contributed by atoms with E-state index < -0.39 is 95.5 Å². The molecule has 1 heterocycles. The molecule has 41 heavy (non-hydrogen) atoms. The summed E-state index contributed by atoms with van der Waals surface area (Å²) in [5.41, 5.74) is -1.52. The Morgan fingerprint density at radius 3 is 2.41 bits per heavy atom. The summed E-state index contributed by atoms with van der Waals surface area (Å²) in [6.45, 7) is 1.34. The summed E-state index contributed by atoms with van der Waals surface area (Å²) in [5.74, 6) is -5.70. The van der Waals surface area contributed by atoms with Crippen molar-refractivity contribution in [1.29, 1.82) is 0 Å². The molecule has 5 rings (SSSR count). The lowest BCUT2D eigenvalue weighted by Gasteiger charge is -2.40. The molecule has 0 radical (unpaired) electrons. The molecular weight excluding hydrogens is 555 g/mol. The average molecular weight is 579 g/mol. The van der Waals surface area contributed by atoms with Gasteiger partial charge in [-0.25, -0.2) is 0 Å². The molecule has 14 heteroatoms. The minimum Gasteiger partial charge on any atom is -0.507 e. The largest absolute Gasteiger partial charge is 0.507 e. The van der Waals surface area contributed by atoms with Gasteiger partial charge in [-0.3, -0.25) is 19.2 Å². The SMILES string of the molecule is COc1cccc2c1C(=O)c1c(O)c3c(c(O)c1C2=O)CC(=O)CC3OC1CC(NC(=O)C(F)(F)F)C(O)C(C)O1. The normalized spacial score (nSPS) is 25.7. The number of methoxy groups -OCH3 is 1. The number of rotatable bonds is 4. The summed E-state index contributed by atoms with van der Waals surface area (Å²) in [7, 11) is 1.29. The Balaban J connectivity index is 1.53.